The summed E-state index contributed by atoms with van der Waals surface area (Å²) < 4.78 is 5.18. The van der Waals surface area contributed by atoms with Gasteiger partial charge in [0.25, 0.3) is 0 Å². The van der Waals surface area contributed by atoms with Crippen molar-refractivity contribution < 1.29 is 4.74 Å². The van der Waals surface area contributed by atoms with Crippen molar-refractivity contribution in [2.45, 2.75) is 13.8 Å². The van der Waals surface area contributed by atoms with Gasteiger partial charge >= 0.3 is 0 Å². The third-order valence-electron chi connectivity index (χ3n) is 3.18. The Hall–Kier alpha value is 0.420. The number of hydrogen-bond acceptors (Lipinski definition) is 4. The van der Waals surface area contributed by atoms with Crippen LogP contribution in [-0.4, -0.2) is 75.9 Å². The summed E-state index contributed by atoms with van der Waals surface area (Å²) in [5.74, 6) is 0.731. The van der Waals surface area contributed by atoms with Gasteiger partial charge in [-0.25, -0.2) is 0 Å². The van der Waals surface area contributed by atoms with E-state index in [9.17, 15) is 0 Å². The van der Waals surface area contributed by atoms with E-state index in [2.05, 4.69) is 29.0 Å². The molecule has 1 aliphatic heterocycles. The van der Waals surface area contributed by atoms with E-state index in [0.29, 0.717) is 0 Å². The van der Waals surface area contributed by atoms with E-state index in [0.717, 1.165) is 32.2 Å². The maximum atomic E-state index is 5.18. The summed E-state index contributed by atoms with van der Waals surface area (Å²) in [7, 11) is 1.78. The maximum absolute atomic E-state index is 5.18. The molecule has 1 aliphatic rings. The van der Waals surface area contributed by atoms with Gasteiger partial charge in [-0.3, -0.25) is 9.80 Å². The lowest BCUT2D eigenvalue weighted by atomic mass is 10.2. The smallest absolute Gasteiger partial charge is 0.0589 e. The Labute approximate surface area is 131 Å². The number of nitrogens with zero attached hydrogens (tertiary/aromatic N) is 2. The van der Waals surface area contributed by atoms with E-state index in [-0.39, 0.29) is 24.8 Å². The molecule has 1 saturated heterocycles. The summed E-state index contributed by atoms with van der Waals surface area (Å²) in [6.07, 6.45) is 0. The van der Waals surface area contributed by atoms with Crippen LogP contribution in [-0.2, 0) is 4.74 Å². The van der Waals surface area contributed by atoms with E-state index in [1.54, 1.807) is 7.11 Å². The fourth-order valence-corrected chi connectivity index (χ4v) is 2.25. The molecule has 1 N–H and O–H groups in total. The van der Waals surface area contributed by atoms with Gasteiger partial charge in [-0.2, -0.15) is 0 Å². The van der Waals surface area contributed by atoms with Crippen LogP contribution in [0.5, 0.6) is 0 Å². The molecule has 0 amide bonds. The molecule has 0 saturated carbocycles. The molecule has 0 spiro atoms. The largest absolute Gasteiger partial charge is 0.383 e. The van der Waals surface area contributed by atoms with E-state index < -0.39 is 0 Å². The molecule has 0 atom stereocenters. The lowest BCUT2D eigenvalue weighted by Gasteiger charge is -2.31. The van der Waals surface area contributed by atoms with Gasteiger partial charge in [-0.05, 0) is 5.92 Å². The minimum absolute atomic E-state index is 0. The molecular weight excluding hydrogens is 285 g/mol. The van der Waals surface area contributed by atoms with Crippen molar-refractivity contribution in [3.8, 4) is 0 Å². The van der Waals surface area contributed by atoms with Crippen LogP contribution in [0.15, 0.2) is 0 Å². The highest BCUT2D eigenvalue weighted by molar-refractivity contribution is 5.85. The number of piperazine rings is 1. The standard InChI is InChI=1S/C13H29N3O.2ClH/c1-13(2)12-16(10-11-17-3)9-8-15-6-4-14-5-7-15;;/h13-14H,4-12H2,1-3H3;2*1H. The van der Waals surface area contributed by atoms with Crippen LogP contribution in [0.25, 0.3) is 0 Å². The molecule has 0 bridgehead atoms. The highest BCUT2D eigenvalue weighted by atomic mass is 35.5. The zero-order valence-corrected chi connectivity index (χ0v) is 14.2. The monoisotopic (exact) mass is 315 g/mol. The van der Waals surface area contributed by atoms with E-state index >= 15 is 0 Å². The molecule has 6 heteroatoms. The summed E-state index contributed by atoms with van der Waals surface area (Å²) in [6, 6.07) is 0. The summed E-state index contributed by atoms with van der Waals surface area (Å²) >= 11 is 0. The molecule has 118 valence electrons. The fraction of sp³-hybridized carbons (Fsp3) is 1.00. The van der Waals surface area contributed by atoms with Crippen LogP contribution in [0.2, 0.25) is 0 Å². The van der Waals surface area contributed by atoms with Crippen LogP contribution in [0.4, 0.5) is 0 Å². The molecule has 1 rings (SSSR count). The van der Waals surface area contributed by atoms with E-state index in [1.165, 1.54) is 32.7 Å². The van der Waals surface area contributed by atoms with Gasteiger partial charge < -0.3 is 10.1 Å². The first kappa shape index (κ1) is 21.7. The van der Waals surface area contributed by atoms with Crippen LogP contribution in [0, 0.1) is 5.92 Å². The molecular formula is C13H31Cl2N3O. The highest BCUT2D eigenvalue weighted by Crippen LogP contribution is 2.00. The fourth-order valence-electron chi connectivity index (χ4n) is 2.25. The third-order valence-corrected chi connectivity index (χ3v) is 3.18. The van der Waals surface area contributed by atoms with Gasteiger partial charge in [-0.1, -0.05) is 13.8 Å². The Morgan fingerprint density at radius 1 is 1.16 bits per heavy atom. The molecule has 1 fully saturated rings. The first-order valence-electron chi connectivity index (χ1n) is 6.86. The Morgan fingerprint density at radius 2 is 1.79 bits per heavy atom. The van der Waals surface area contributed by atoms with Crippen molar-refractivity contribution >= 4 is 24.8 Å². The average molecular weight is 316 g/mol. The van der Waals surface area contributed by atoms with E-state index in [4.69, 9.17) is 4.74 Å². The van der Waals surface area contributed by atoms with Crippen LogP contribution < -0.4 is 5.32 Å². The first-order chi connectivity index (χ1) is 8.22. The Balaban J connectivity index is 0. The van der Waals surface area contributed by atoms with Crippen LogP contribution >= 0.6 is 24.8 Å². The van der Waals surface area contributed by atoms with Crippen molar-refractivity contribution in [3.63, 3.8) is 0 Å². The normalized spacial score (nSPS) is 16.3. The lowest BCUT2D eigenvalue weighted by Crippen LogP contribution is -2.47. The molecule has 0 aromatic heterocycles. The topological polar surface area (TPSA) is 27.7 Å². The minimum Gasteiger partial charge on any atom is -0.383 e. The molecule has 19 heavy (non-hydrogen) atoms. The molecule has 0 radical (unpaired) electrons. The van der Waals surface area contributed by atoms with Crippen molar-refractivity contribution in [2.24, 2.45) is 5.92 Å². The second kappa shape index (κ2) is 13.4. The number of rotatable bonds is 8. The second-order valence-electron chi connectivity index (χ2n) is 5.28. The first-order valence-corrected chi connectivity index (χ1v) is 6.86. The summed E-state index contributed by atoms with van der Waals surface area (Å²) in [5.41, 5.74) is 0. The predicted octanol–water partition coefficient (Wildman–Crippen LogP) is 1.34. The molecule has 0 aliphatic carbocycles. The van der Waals surface area contributed by atoms with Gasteiger partial charge in [-0.15, -0.1) is 24.8 Å². The van der Waals surface area contributed by atoms with Crippen LogP contribution in [0.3, 0.4) is 0 Å². The zero-order valence-electron chi connectivity index (χ0n) is 12.6. The van der Waals surface area contributed by atoms with Crippen molar-refractivity contribution in [2.75, 3.05) is 66.1 Å². The Bertz CT molecular complexity index is 191. The van der Waals surface area contributed by atoms with Gasteiger partial charge in [0.1, 0.15) is 0 Å². The number of halogens is 2. The SMILES string of the molecule is COCCN(CCN1CCNCC1)CC(C)C.Cl.Cl. The van der Waals surface area contributed by atoms with Gasteiger partial charge in [0.15, 0.2) is 0 Å². The van der Waals surface area contributed by atoms with Gasteiger partial charge in [0.2, 0.25) is 0 Å². The number of ether oxygens (including phenoxy) is 1. The maximum Gasteiger partial charge on any atom is 0.0589 e. The molecule has 0 unspecified atom stereocenters. The number of hydrogen-bond donors (Lipinski definition) is 1. The van der Waals surface area contributed by atoms with Gasteiger partial charge in [0, 0.05) is 59.5 Å². The van der Waals surface area contributed by atoms with Gasteiger partial charge in [0.05, 0.1) is 6.61 Å². The van der Waals surface area contributed by atoms with Crippen molar-refractivity contribution in [3.05, 3.63) is 0 Å². The lowest BCUT2D eigenvalue weighted by molar-refractivity contribution is 0.125. The summed E-state index contributed by atoms with van der Waals surface area (Å²) in [6.45, 7) is 14.7. The minimum atomic E-state index is 0. The van der Waals surface area contributed by atoms with Crippen LogP contribution in [0.1, 0.15) is 13.8 Å². The molecule has 4 nitrogen and oxygen atoms in total. The predicted molar refractivity (Wildman–Crippen MR) is 87.0 cm³/mol. The summed E-state index contributed by atoms with van der Waals surface area (Å²) in [5, 5.41) is 3.39. The van der Waals surface area contributed by atoms with Crippen molar-refractivity contribution in [1.29, 1.82) is 0 Å². The quantitative estimate of drug-likeness (QED) is 0.731. The van der Waals surface area contributed by atoms with Crippen molar-refractivity contribution in [1.82, 2.24) is 15.1 Å². The molecule has 1 heterocycles. The van der Waals surface area contributed by atoms with E-state index in [1.807, 2.05) is 0 Å². The Morgan fingerprint density at radius 3 is 2.32 bits per heavy atom. The second-order valence-corrected chi connectivity index (χ2v) is 5.28. The highest BCUT2D eigenvalue weighted by Gasteiger charge is 2.12. The zero-order chi connectivity index (χ0) is 12.5. The molecule has 0 aromatic rings. The summed E-state index contributed by atoms with van der Waals surface area (Å²) in [4.78, 5) is 5.08. The third kappa shape index (κ3) is 10.8. The number of nitrogens with one attached hydrogen (secondary N) is 1. The average Bonchev–Trinajstić information content (AvgIpc) is 2.33. The Kier molecular flexibility index (Phi) is 15.3. The number of methoxy groups -OCH3 is 1. The molecule has 0 aromatic carbocycles.